The van der Waals surface area contributed by atoms with Crippen molar-refractivity contribution in [2.75, 3.05) is 0 Å². The van der Waals surface area contributed by atoms with Crippen LogP contribution in [0.2, 0.25) is 0 Å². The summed E-state index contributed by atoms with van der Waals surface area (Å²) < 4.78 is 10.5. The molecule has 1 aliphatic heterocycles. The molecule has 0 N–H and O–H groups in total. The molecule has 1 saturated heterocycles. The van der Waals surface area contributed by atoms with Gasteiger partial charge in [0.05, 0.1) is 0 Å². The number of fused-ring (bicyclic) bond motifs is 1. The van der Waals surface area contributed by atoms with Crippen molar-refractivity contribution in [3.63, 3.8) is 0 Å². The van der Waals surface area contributed by atoms with Crippen LogP contribution < -0.4 is 0 Å². The highest BCUT2D eigenvalue weighted by molar-refractivity contribution is 5.91. The Bertz CT molecular complexity index is 391. The van der Waals surface area contributed by atoms with E-state index in [1.807, 2.05) is 20.8 Å². The molecule has 0 spiro atoms. The van der Waals surface area contributed by atoms with Crippen LogP contribution in [0.25, 0.3) is 0 Å². The molecule has 18 heavy (non-hydrogen) atoms. The van der Waals surface area contributed by atoms with Gasteiger partial charge in [0.25, 0.3) is 0 Å². The predicted octanol–water partition coefficient (Wildman–Crippen LogP) is 2.23. The van der Waals surface area contributed by atoms with Crippen LogP contribution in [-0.4, -0.2) is 24.1 Å². The monoisotopic (exact) mass is 252 g/mol. The van der Waals surface area contributed by atoms with E-state index >= 15 is 0 Å². The fourth-order valence-electron chi connectivity index (χ4n) is 2.47. The van der Waals surface area contributed by atoms with Crippen LogP contribution >= 0.6 is 0 Å². The Morgan fingerprint density at radius 3 is 2.67 bits per heavy atom. The fraction of sp³-hybridized carbons (Fsp3) is 0.714. The van der Waals surface area contributed by atoms with Gasteiger partial charge >= 0.3 is 11.9 Å². The number of carbonyl (C=O) groups excluding carboxylic acids is 2. The van der Waals surface area contributed by atoms with Crippen molar-refractivity contribution >= 4 is 11.9 Å². The molecule has 1 saturated carbocycles. The average Bonchev–Trinajstić information content (AvgIpc) is 2.79. The Labute approximate surface area is 107 Å². The van der Waals surface area contributed by atoms with Crippen LogP contribution in [0, 0.1) is 11.3 Å². The van der Waals surface area contributed by atoms with Crippen molar-refractivity contribution < 1.29 is 19.1 Å². The third-order valence-corrected chi connectivity index (χ3v) is 3.78. The minimum atomic E-state index is -0.732. The molecule has 1 heterocycles. The molecule has 4 nitrogen and oxygen atoms in total. The van der Waals surface area contributed by atoms with Gasteiger partial charge in [-0.3, -0.25) is 0 Å². The smallest absolute Gasteiger partial charge is 0.348 e. The molecule has 2 fully saturated rings. The zero-order valence-electron chi connectivity index (χ0n) is 11.2. The van der Waals surface area contributed by atoms with E-state index in [1.54, 1.807) is 0 Å². The molecule has 100 valence electrons. The molecule has 0 aromatic carbocycles. The topological polar surface area (TPSA) is 52.6 Å². The van der Waals surface area contributed by atoms with Crippen molar-refractivity contribution in [2.24, 2.45) is 11.3 Å². The number of hydrogen-bond donors (Lipinski definition) is 0. The number of ether oxygens (including phenoxy) is 2. The number of hydrogen-bond acceptors (Lipinski definition) is 4. The van der Waals surface area contributed by atoms with Crippen LogP contribution in [0.3, 0.4) is 0 Å². The van der Waals surface area contributed by atoms with Gasteiger partial charge in [0.2, 0.25) is 6.10 Å². The summed E-state index contributed by atoms with van der Waals surface area (Å²) in [7, 11) is 0. The van der Waals surface area contributed by atoms with E-state index in [-0.39, 0.29) is 17.4 Å². The lowest BCUT2D eigenvalue weighted by Gasteiger charge is -2.22. The lowest BCUT2D eigenvalue weighted by molar-refractivity contribution is -0.160. The molecule has 0 bridgehead atoms. The number of esters is 2. The molecule has 3 unspecified atom stereocenters. The molecular formula is C14H20O4. The van der Waals surface area contributed by atoms with E-state index in [0.29, 0.717) is 5.57 Å². The molecule has 0 radical (unpaired) electrons. The highest BCUT2D eigenvalue weighted by Crippen LogP contribution is 2.38. The van der Waals surface area contributed by atoms with Crippen LogP contribution in [0.5, 0.6) is 0 Å². The fourth-order valence-corrected chi connectivity index (χ4v) is 2.47. The summed E-state index contributed by atoms with van der Waals surface area (Å²) in [6.07, 6.45) is 2.00. The highest BCUT2D eigenvalue weighted by Gasteiger charge is 2.49. The maximum atomic E-state index is 12.0. The second-order valence-corrected chi connectivity index (χ2v) is 6.12. The molecule has 3 atom stereocenters. The summed E-state index contributed by atoms with van der Waals surface area (Å²) in [6.45, 7) is 9.42. The lowest BCUT2D eigenvalue weighted by Crippen LogP contribution is -2.31. The minimum absolute atomic E-state index is 0.0363. The first-order chi connectivity index (χ1) is 8.30. The minimum Gasteiger partial charge on any atom is -0.459 e. The van der Waals surface area contributed by atoms with Crippen molar-refractivity contribution in [3.8, 4) is 0 Å². The van der Waals surface area contributed by atoms with Crippen molar-refractivity contribution in [1.82, 2.24) is 0 Å². The van der Waals surface area contributed by atoms with Gasteiger partial charge in [-0.05, 0) is 24.7 Å². The summed E-state index contributed by atoms with van der Waals surface area (Å²) in [5.74, 6) is -0.856. The highest BCUT2D eigenvalue weighted by atomic mass is 16.6. The molecule has 0 aromatic heterocycles. The zero-order valence-corrected chi connectivity index (χ0v) is 11.2. The van der Waals surface area contributed by atoms with Crippen LogP contribution in [0.15, 0.2) is 12.2 Å². The Kier molecular flexibility index (Phi) is 3.21. The number of carbonyl (C=O) groups is 2. The Hall–Kier alpha value is -1.32. The molecule has 1 aliphatic carbocycles. The van der Waals surface area contributed by atoms with Gasteiger partial charge in [0.1, 0.15) is 6.10 Å². The van der Waals surface area contributed by atoms with Gasteiger partial charge in [-0.25, -0.2) is 9.59 Å². The quantitative estimate of drug-likeness (QED) is 0.558. The summed E-state index contributed by atoms with van der Waals surface area (Å²) in [5, 5.41) is 0. The second kappa shape index (κ2) is 4.41. The SMILES string of the molecule is C=C(C(=O)OC1C(=O)OC2CCCC21)C(C)(C)C. The van der Waals surface area contributed by atoms with E-state index in [2.05, 4.69) is 6.58 Å². The number of rotatable bonds is 2. The van der Waals surface area contributed by atoms with E-state index in [9.17, 15) is 9.59 Å². The standard InChI is InChI=1S/C14H20O4/c1-8(14(2,3)4)12(15)18-11-9-6-5-7-10(9)17-13(11)16/h9-11H,1,5-7H2,2-4H3. The van der Waals surface area contributed by atoms with E-state index in [4.69, 9.17) is 9.47 Å². The lowest BCUT2D eigenvalue weighted by atomic mass is 9.87. The van der Waals surface area contributed by atoms with E-state index < -0.39 is 18.0 Å². The first-order valence-electron chi connectivity index (χ1n) is 6.41. The van der Waals surface area contributed by atoms with Crippen LogP contribution in [-0.2, 0) is 19.1 Å². The van der Waals surface area contributed by atoms with Crippen molar-refractivity contribution in [2.45, 2.75) is 52.2 Å². The van der Waals surface area contributed by atoms with Gasteiger partial charge < -0.3 is 9.47 Å². The molecular weight excluding hydrogens is 232 g/mol. The normalized spacial score (nSPS) is 30.8. The van der Waals surface area contributed by atoms with E-state index in [0.717, 1.165) is 19.3 Å². The van der Waals surface area contributed by atoms with Crippen molar-refractivity contribution in [3.05, 3.63) is 12.2 Å². The zero-order chi connectivity index (χ0) is 13.5. The molecule has 2 aliphatic rings. The predicted molar refractivity (Wildman–Crippen MR) is 65.7 cm³/mol. The average molecular weight is 252 g/mol. The third kappa shape index (κ3) is 2.28. The van der Waals surface area contributed by atoms with Gasteiger partial charge in [-0.1, -0.05) is 27.4 Å². The van der Waals surface area contributed by atoms with Crippen LogP contribution in [0.1, 0.15) is 40.0 Å². The Morgan fingerprint density at radius 1 is 1.39 bits per heavy atom. The molecule has 0 amide bonds. The molecule has 2 rings (SSSR count). The molecule has 4 heteroatoms. The first-order valence-corrected chi connectivity index (χ1v) is 6.41. The van der Waals surface area contributed by atoms with Crippen molar-refractivity contribution in [1.29, 1.82) is 0 Å². The maximum absolute atomic E-state index is 12.0. The Morgan fingerprint density at radius 2 is 2.06 bits per heavy atom. The van der Waals surface area contributed by atoms with E-state index in [1.165, 1.54) is 0 Å². The summed E-state index contributed by atoms with van der Waals surface area (Å²) in [4.78, 5) is 23.6. The maximum Gasteiger partial charge on any atom is 0.348 e. The second-order valence-electron chi connectivity index (χ2n) is 6.12. The van der Waals surface area contributed by atoms with Crippen LogP contribution in [0.4, 0.5) is 0 Å². The van der Waals surface area contributed by atoms with Gasteiger partial charge in [-0.15, -0.1) is 0 Å². The van der Waals surface area contributed by atoms with Gasteiger partial charge in [0.15, 0.2) is 0 Å². The third-order valence-electron chi connectivity index (χ3n) is 3.78. The summed E-state index contributed by atoms with van der Waals surface area (Å²) >= 11 is 0. The first kappa shape index (κ1) is 13.1. The largest absolute Gasteiger partial charge is 0.459 e. The Balaban J connectivity index is 2.03. The van der Waals surface area contributed by atoms with Gasteiger partial charge in [0, 0.05) is 11.5 Å². The van der Waals surface area contributed by atoms with Gasteiger partial charge in [-0.2, -0.15) is 0 Å². The summed E-state index contributed by atoms with van der Waals surface area (Å²) in [5.41, 5.74) is 0.0334. The molecule has 0 aromatic rings. The summed E-state index contributed by atoms with van der Waals surface area (Å²) in [6, 6.07) is 0.